The van der Waals surface area contributed by atoms with Crippen LogP contribution in [-0.2, 0) is 0 Å². The number of aromatic nitrogens is 1. The Kier molecular flexibility index (Phi) is 7.15. The fraction of sp³-hybridized carbons (Fsp3) is 0.185. The second-order valence-corrected chi connectivity index (χ2v) is 7.91. The number of hydrogen-bond donors (Lipinski definition) is 1. The minimum atomic E-state index is -0.687. The molecule has 0 aliphatic carbocycles. The predicted octanol–water partition coefficient (Wildman–Crippen LogP) is 6.90. The maximum absolute atomic E-state index is 15.7. The molecule has 0 aliphatic rings. The first-order valence-corrected chi connectivity index (χ1v) is 11.3. The monoisotopic (exact) mass is 475 g/mol. The number of rotatable bonds is 8. The molecule has 0 fully saturated rings. The number of para-hydroxylation sites is 1. The summed E-state index contributed by atoms with van der Waals surface area (Å²) in [6.07, 6.45) is 0. The van der Waals surface area contributed by atoms with E-state index in [1.54, 1.807) is 49.4 Å². The molecule has 1 aromatic heterocycles. The van der Waals surface area contributed by atoms with Crippen LogP contribution >= 0.6 is 11.6 Å². The molecule has 0 saturated heterocycles. The molecule has 0 amide bonds. The molecule has 0 saturated carbocycles. The standard InChI is InChI=1S/C27H23ClFN3O2/c1-3-33-20-14-21(25(29)24(15-20)34-4-2)27(31-19-11-8-17(16-30)9-12-19)23-13-10-18-6-5-7-22(28)26(18)32-23/h5-15,27,31H,3-4H2,1-2H3. The zero-order valence-electron chi connectivity index (χ0n) is 18.8. The number of fused-ring (bicyclic) bond motifs is 1. The van der Waals surface area contributed by atoms with E-state index in [9.17, 15) is 0 Å². The molecule has 5 nitrogen and oxygen atoms in total. The maximum atomic E-state index is 15.7. The number of nitriles is 1. The van der Waals surface area contributed by atoms with Gasteiger partial charge in [0.25, 0.3) is 0 Å². The van der Waals surface area contributed by atoms with Gasteiger partial charge in [-0.2, -0.15) is 5.26 Å². The molecule has 34 heavy (non-hydrogen) atoms. The van der Waals surface area contributed by atoms with Gasteiger partial charge in [0.15, 0.2) is 11.6 Å². The highest BCUT2D eigenvalue weighted by atomic mass is 35.5. The molecule has 3 aromatic carbocycles. The number of benzene rings is 3. The van der Waals surface area contributed by atoms with E-state index in [-0.39, 0.29) is 5.75 Å². The first-order valence-electron chi connectivity index (χ1n) is 10.9. The lowest BCUT2D eigenvalue weighted by molar-refractivity contribution is 0.308. The van der Waals surface area contributed by atoms with Crippen molar-refractivity contribution in [2.75, 3.05) is 18.5 Å². The summed E-state index contributed by atoms with van der Waals surface area (Å²) >= 11 is 6.41. The molecular weight excluding hydrogens is 453 g/mol. The Morgan fingerprint density at radius 2 is 1.79 bits per heavy atom. The maximum Gasteiger partial charge on any atom is 0.171 e. The van der Waals surface area contributed by atoms with Crippen LogP contribution in [0, 0.1) is 17.1 Å². The van der Waals surface area contributed by atoms with E-state index < -0.39 is 11.9 Å². The molecule has 7 heteroatoms. The molecule has 0 radical (unpaired) electrons. The van der Waals surface area contributed by atoms with E-state index in [0.29, 0.717) is 52.0 Å². The van der Waals surface area contributed by atoms with E-state index in [1.165, 1.54) is 0 Å². The fourth-order valence-electron chi connectivity index (χ4n) is 3.72. The van der Waals surface area contributed by atoms with Crippen molar-refractivity contribution < 1.29 is 13.9 Å². The zero-order valence-corrected chi connectivity index (χ0v) is 19.6. The van der Waals surface area contributed by atoms with Gasteiger partial charge in [0.1, 0.15) is 5.75 Å². The highest BCUT2D eigenvalue weighted by Crippen LogP contribution is 2.36. The number of halogens is 2. The summed E-state index contributed by atoms with van der Waals surface area (Å²) in [6, 6.07) is 20.9. The van der Waals surface area contributed by atoms with Crippen molar-refractivity contribution >= 4 is 28.2 Å². The number of pyridine rings is 1. The largest absolute Gasteiger partial charge is 0.494 e. The molecule has 1 N–H and O–H groups in total. The van der Waals surface area contributed by atoms with Crippen LogP contribution < -0.4 is 14.8 Å². The summed E-state index contributed by atoms with van der Waals surface area (Å²) < 4.78 is 27.0. The Labute approximate surface area is 202 Å². The second-order valence-electron chi connectivity index (χ2n) is 7.50. The predicted molar refractivity (Wildman–Crippen MR) is 132 cm³/mol. The Bertz CT molecular complexity index is 1350. The summed E-state index contributed by atoms with van der Waals surface area (Å²) in [5, 5.41) is 13.9. The molecule has 0 aliphatic heterocycles. The van der Waals surface area contributed by atoms with E-state index >= 15 is 4.39 Å². The first-order chi connectivity index (χ1) is 16.5. The average Bonchev–Trinajstić information content (AvgIpc) is 2.85. The van der Waals surface area contributed by atoms with Crippen LogP contribution in [0.25, 0.3) is 10.9 Å². The van der Waals surface area contributed by atoms with Crippen molar-refractivity contribution in [1.82, 2.24) is 4.98 Å². The van der Waals surface area contributed by atoms with E-state index in [2.05, 4.69) is 11.4 Å². The molecule has 172 valence electrons. The summed E-state index contributed by atoms with van der Waals surface area (Å²) in [6.45, 7) is 4.40. The van der Waals surface area contributed by atoms with Crippen molar-refractivity contribution in [1.29, 1.82) is 5.26 Å². The number of anilines is 1. The molecule has 0 spiro atoms. The molecule has 1 unspecified atom stereocenters. The van der Waals surface area contributed by atoms with Gasteiger partial charge in [0.05, 0.1) is 47.1 Å². The van der Waals surface area contributed by atoms with E-state index in [0.717, 1.165) is 5.39 Å². The van der Waals surface area contributed by atoms with Gasteiger partial charge in [0, 0.05) is 22.7 Å². The molecule has 0 bridgehead atoms. The quantitative estimate of drug-likeness (QED) is 0.300. The molecule has 1 heterocycles. The van der Waals surface area contributed by atoms with Crippen LogP contribution in [0.2, 0.25) is 5.02 Å². The smallest absolute Gasteiger partial charge is 0.171 e. The molecular formula is C27H23ClFN3O2. The van der Waals surface area contributed by atoms with Crippen LogP contribution in [-0.4, -0.2) is 18.2 Å². The van der Waals surface area contributed by atoms with Crippen molar-refractivity contribution in [3.05, 3.63) is 94.4 Å². The minimum Gasteiger partial charge on any atom is -0.494 e. The molecule has 4 aromatic rings. The van der Waals surface area contributed by atoms with Crippen LogP contribution in [0.4, 0.5) is 10.1 Å². The Hall–Kier alpha value is -3.82. The van der Waals surface area contributed by atoms with Crippen molar-refractivity contribution in [3.8, 4) is 17.6 Å². The topological polar surface area (TPSA) is 67.2 Å². The highest BCUT2D eigenvalue weighted by Gasteiger charge is 2.24. The van der Waals surface area contributed by atoms with Gasteiger partial charge in [-0.15, -0.1) is 0 Å². The lowest BCUT2D eigenvalue weighted by Crippen LogP contribution is -2.16. The summed E-state index contributed by atoms with van der Waals surface area (Å²) in [4.78, 5) is 4.78. The van der Waals surface area contributed by atoms with Crippen LogP contribution in [0.5, 0.6) is 11.5 Å². The normalized spacial score (nSPS) is 11.6. The van der Waals surface area contributed by atoms with Crippen molar-refractivity contribution in [2.45, 2.75) is 19.9 Å². The lowest BCUT2D eigenvalue weighted by atomic mass is 10.00. The van der Waals surface area contributed by atoms with E-state index in [1.807, 2.05) is 31.2 Å². The van der Waals surface area contributed by atoms with Gasteiger partial charge >= 0.3 is 0 Å². The van der Waals surface area contributed by atoms with Crippen LogP contribution in [0.3, 0.4) is 0 Å². The van der Waals surface area contributed by atoms with Gasteiger partial charge < -0.3 is 14.8 Å². The SMILES string of the molecule is CCOc1cc(OCC)c(F)c(C(Nc2ccc(C#N)cc2)c2ccc3cccc(Cl)c3n2)c1. The van der Waals surface area contributed by atoms with Crippen LogP contribution in [0.1, 0.15) is 36.7 Å². The Balaban J connectivity index is 1.89. The zero-order chi connectivity index (χ0) is 24.1. The van der Waals surface area contributed by atoms with E-state index in [4.69, 9.17) is 31.3 Å². The van der Waals surface area contributed by atoms with Crippen molar-refractivity contribution in [3.63, 3.8) is 0 Å². The first kappa shape index (κ1) is 23.3. The number of hydrogen-bond acceptors (Lipinski definition) is 5. The van der Waals surface area contributed by atoms with Crippen molar-refractivity contribution in [2.24, 2.45) is 0 Å². The molecule has 4 rings (SSSR count). The lowest BCUT2D eigenvalue weighted by Gasteiger charge is -2.23. The summed E-state index contributed by atoms with van der Waals surface area (Å²) in [5.41, 5.74) is 2.74. The number of nitrogens with one attached hydrogen (secondary N) is 1. The number of nitrogens with zero attached hydrogens (tertiary/aromatic N) is 2. The van der Waals surface area contributed by atoms with Gasteiger partial charge in [-0.3, -0.25) is 0 Å². The van der Waals surface area contributed by atoms with Crippen LogP contribution in [0.15, 0.2) is 66.7 Å². The summed E-state index contributed by atoms with van der Waals surface area (Å²) in [7, 11) is 0. The average molecular weight is 476 g/mol. The third-order valence-corrected chi connectivity index (χ3v) is 5.58. The fourth-order valence-corrected chi connectivity index (χ4v) is 3.94. The number of ether oxygens (including phenoxy) is 2. The second kappa shape index (κ2) is 10.4. The minimum absolute atomic E-state index is 0.105. The van der Waals surface area contributed by atoms with Gasteiger partial charge in [-0.1, -0.05) is 29.8 Å². The Morgan fingerprint density at radius 3 is 2.50 bits per heavy atom. The van der Waals surface area contributed by atoms with Gasteiger partial charge in [-0.25, -0.2) is 9.37 Å². The third kappa shape index (κ3) is 4.90. The van der Waals surface area contributed by atoms with Gasteiger partial charge in [-0.05, 0) is 56.3 Å². The van der Waals surface area contributed by atoms with Gasteiger partial charge in [0.2, 0.25) is 0 Å². The molecule has 1 atom stereocenters. The third-order valence-electron chi connectivity index (χ3n) is 5.28. The summed E-state index contributed by atoms with van der Waals surface area (Å²) in [5.74, 6) is 0.0965. The Morgan fingerprint density at radius 1 is 1.03 bits per heavy atom. The highest BCUT2D eigenvalue weighted by molar-refractivity contribution is 6.35.